The quantitative estimate of drug-likeness (QED) is 0.258. The fraction of sp³-hybridized carbons (Fsp3) is 0.192. The Morgan fingerprint density at radius 2 is 1.79 bits per heavy atom. The van der Waals surface area contributed by atoms with Crippen LogP contribution in [-0.4, -0.2) is 31.5 Å². The SMILES string of the molecule is CCCCOc1ccc(C(=O)N/C(=C/c2ccco2)C(=O)Nc2cccc(C(=O)OC)c2)cc1. The number of benzene rings is 2. The lowest BCUT2D eigenvalue weighted by atomic mass is 10.2. The van der Waals surface area contributed by atoms with E-state index in [1.165, 1.54) is 25.5 Å². The molecule has 1 aromatic heterocycles. The number of hydrogen-bond acceptors (Lipinski definition) is 6. The van der Waals surface area contributed by atoms with Crippen LogP contribution in [0.2, 0.25) is 0 Å². The van der Waals surface area contributed by atoms with Gasteiger partial charge >= 0.3 is 5.97 Å². The molecule has 2 aromatic carbocycles. The van der Waals surface area contributed by atoms with Gasteiger partial charge in [-0.25, -0.2) is 4.79 Å². The standard InChI is InChI=1S/C26H26N2O6/c1-3-4-14-33-21-12-10-18(11-13-21)24(29)28-23(17-22-9-6-15-34-22)25(30)27-20-8-5-7-19(16-20)26(31)32-2/h5-13,15-17H,3-4,14H2,1-2H3,(H,27,30)(H,28,29)/b23-17+. The number of ether oxygens (including phenoxy) is 2. The minimum atomic E-state index is -0.591. The third kappa shape index (κ3) is 6.83. The van der Waals surface area contributed by atoms with Gasteiger partial charge in [-0.05, 0) is 61.0 Å². The maximum Gasteiger partial charge on any atom is 0.337 e. The topological polar surface area (TPSA) is 107 Å². The van der Waals surface area contributed by atoms with Crippen molar-refractivity contribution in [2.45, 2.75) is 19.8 Å². The molecule has 176 valence electrons. The molecule has 3 rings (SSSR count). The number of amides is 2. The van der Waals surface area contributed by atoms with Crippen molar-refractivity contribution in [1.82, 2.24) is 5.32 Å². The zero-order valence-electron chi connectivity index (χ0n) is 19.0. The van der Waals surface area contributed by atoms with Crippen molar-refractivity contribution >= 4 is 29.5 Å². The van der Waals surface area contributed by atoms with Crippen LogP contribution >= 0.6 is 0 Å². The summed E-state index contributed by atoms with van der Waals surface area (Å²) in [5.41, 5.74) is 0.962. The molecule has 0 spiro atoms. The van der Waals surface area contributed by atoms with Crippen LogP contribution in [0.25, 0.3) is 6.08 Å². The second-order valence-electron chi connectivity index (χ2n) is 7.28. The number of unbranched alkanes of at least 4 members (excludes halogenated alkanes) is 1. The molecule has 0 radical (unpaired) electrons. The van der Waals surface area contributed by atoms with Gasteiger partial charge in [0.2, 0.25) is 0 Å². The maximum absolute atomic E-state index is 13.0. The van der Waals surface area contributed by atoms with Crippen LogP contribution in [0.4, 0.5) is 5.69 Å². The van der Waals surface area contributed by atoms with E-state index < -0.39 is 17.8 Å². The summed E-state index contributed by atoms with van der Waals surface area (Å²) in [5.74, 6) is -0.548. The van der Waals surface area contributed by atoms with E-state index in [9.17, 15) is 14.4 Å². The summed E-state index contributed by atoms with van der Waals surface area (Å²) in [5, 5.41) is 5.31. The number of carbonyl (C=O) groups is 3. The molecule has 0 aliphatic rings. The fourth-order valence-corrected chi connectivity index (χ4v) is 2.95. The maximum atomic E-state index is 13.0. The van der Waals surface area contributed by atoms with Gasteiger partial charge in [0.15, 0.2) is 0 Å². The van der Waals surface area contributed by atoms with Crippen LogP contribution in [0, 0.1) is 0 Å². The predicted octanol–water partition coefficient (Wildman–Crippen LogP) is 4.65. The monoisotopic (exact) mass is 462 g/mol. The van der Waals surface area contributed by atoms with E-state index in [-0.39, 0.29) is 11.3 Å². The number of rotatable bonds is 10. The summed E-state index contributed by atoms with van der Waals surface area (Å²) in [6, 6.07) is 16.3. The van der Waals surface area contributed by atoms with Crippen molar-refractivity contribution in [3.05, 3.63) is 89.5 Å². The van der Waals surface area contributed by atoms with Gasteiger partial charge in [0, 0.05) is 17.3 Å². The van der Waals surface area contributed by atoms with E-state index in [4.69, 9.17) is 13.9 Å². The van der Waals surface area contributed by atoms with Crippen molar-refractivity contribution in [2.24, 2.45) is 0 Å². The van der Waals surface area contributed by atoms with Crippen molar-refractivity contribution in [2.75, 3.05) is 19.0 Å². The van der Waals surface area contributed by atoms with Crippen molar-refractivity contribution < 1.29 is 28.3 Å². The molecule has 8 nitrogen and oxygen atoms in total. The number of methoxy groups -OCH3 is 1. The highest BCUT2D eigenvalue weighted by Crippen LogP contribution is 2.16. The summed E-state index contributed by atoms with van der Waals surface area (Å²) >= 11 is 0. The fourth-order valence-electron chi connectivity index (χ4n) is 2.95. The Kier molecular flexibility index (Phi) is 8.62. The highest BCUT2D eigenvalue weighted by Gasteiger charge is 2.17. The lowest BCUT2D eigenvalue weighted by Gasteiger charge is -2.12. The van der Waals surface area contributed by atoms with Crippen LogP contribution in [0.3, 0.4) is 0 Å². The number of nitrogens with one attached hydrogen (secondary N) is 2. The first kappa shape index (κ1) is 24.3. The molecule has 0 fully saturated rings. The van der Waals surface area contributed by atoms with Crippen LogP contribution in [0.15, 0.2) is 77.0 Å². The molecule has 8 heteroatoms. The highest BCUT2D eigenvalue weighted by molar-refractivity contribution is 6.10. The van der Waals surface area contributed by atoms with Gasteiger partial charge in [-0.1, -0.05) is 19.4 Å². The molecule has 0 unspecified atom stereocenters. The second-order valence-corrected chi connectivity index (χ2v) is 7.28. The number of esters is 1. The molecule has 2 amide bonds. The smallest absolute Gasteiger partial charge is 0.337 e. The summed E-state index contributed by atoms with van der Waals surface area (Å²) in [6.07, 6.45) is 4.85. The van der Waals surface area contributed by atoms with Gasteiger partial charge in [-0.3, -0.25) is 9.59 Å². The minimum Gasteiger partial charge on any atom is -0.494 e. The average Bonchev–Trinajstić information content (AvgIpc) is 3.37. The molecule has 0 bridgehead atoms. The molecular formula is C26H26N2O6. The van der Waals surface area contributed by atoms with E-state index in [0.29, 0.717) is 29.4 Å². The minimum absolute atomic E-state index is 0.0355. The number of hydrogen-bond donors (Lipinski definition) is 2. The molecule has 0 aliphatic carbocycles. The predicted molar refractivity (Wildman–Crippen MR) is 127 cm³/mol. The van der Waals surface area contributed by atoms with E-state index in [0.717, 1.165) is 12.8 Å². The van der Waals surface area contributed by atoms with Crippen LogP contribution in [-0.2, 0) is 9.53 Å². The van der Waals surface area contributed by atoms with Crippen LogP contribution in [0.5, 0.6) is 5.75 Å². The Hall–Kier alpha value is -4.33. The van der Waals surface area contributed by atoms with E-state index in [2.05, 4.69) is 17.6 Å². The van der Waals surface area contributed by atoms with Crippen molar-refractivity contribution in [3.63, 3.8) is 0 Å². The lowest BCUT2D eigenvalue weighted by molar-refractivity contribution is -0.113. The summed E-state index contributed by atoms with van der Waals surface area (Å²) < 4.78 is 15.6. The van der Waals surface area contributed by atoms with Crippen LogP contribution < -0.4 is 15.4 Å². The Balaban J connectivity index is 1.76. The van der Waals surface area contributed by atoms with Gasteiger partial charge in [-0.15, -0.1) is 0 Å². The van der Waals surface area contributed by atoms with Gasteiger partial charge in [0.25, 0.3) is 11.8 Å². The zero-order valence-corrected chi connectivity index (χ0v) is 19.0. The van der Waals surface area contributed by atoms with Gasteiger partial charge in [-0.2, -0.15) is 0 Å². The first-order chi connectivity index (χ1) is 16.5. The molecule has 1 heterocycles. The van der Waals surface area contributed by atoms with E-state index in [1.807, 2.05) is 0 Å². The Morgan fingerprint density at radius 3 is 2.47 bits per heavy atom. The largest absolute Gasteiger partial charge is 0.494 e. The van der Waals surface area contributed by atoms with Crippen molar-refractivity contribution in [3.8, 4) is 5.75 Å². The van der Waals surface area contributed by atoms with Crippen LogP contribution in [0.1, 0.15) is 46.2 Å². The summed E-state index contributed by atoms with van der Waals surface area (Å²) in [7, 11) is 1.27. The molecule has 2 N–H and O–H groups in total. The molecule has 34 heavy (non-hydrogen) atoms. The molecule has 0 saturated heterocycles. The average molecular weight is 463 g/mol. The molecule has 0 saturated carbocycles. The highest BCUT2D eigenvalue weighted by atomic mass is 16.5. The van der Waals surface area contributed by atoms with Gasteiger partial charge in [0.1, 0.15) is 17.2 Å². The third-order valence-electron chi connectivity index (χ3n) is 4.75. The number of furan rings is 1. The molecule has 0 atom stereocenters. The Labute approximate surface area is 197 Å². The Morgan fingerprint density at radius 1 is 1.00 bits per heavy atom. The molecular weight excluding hydrogens is 436 g/mol. The van der Waals surface area contributed by atoms with Gasteiger partial charge < -0.3 is 24.5 Å². The molecule has 3 aromatic rings. The zero-order chi connectivity index (χ0) is 24.3. The summed E-state index contributed by atoms with van der Waals surface area (Å²) in [6.45, 7) is 2.69. The van der Waals surface area contributed by atoms with Gasteiger partial charge in [0.05, 0.1) is 25.5 Å². The Bertz CT molecular complexity index is 1150. The lowest BCUT2D eigenvalue weighted by Crippen LogP contribution is -2.30. The van der Waals surface area contributed by atoms with E-state index >= 15 is 0 Å². The van der Waals surface area contributed by atoms with Crippen molar-refractivity contribution in [1.29, 1.82) is 0 Å². The normalized spacial score (nSPS) is 10.9. The molecule has 0 aliphatic heterocycles. The third-order valence-corrected chi connectivity index (χ3v) is 4.75. The summed E-state index contributed by atoms with van der Waals surface area (Å²) in [4.78, 5) is 37.6. The first-order valence-electron chi connectivity index (χ1n) is 10.8. The number of anilines is 1. The number of carbonyl (C=O) groups excluding carboxylic acids is 3. The first-order valence-corrected chi connectivity index (χ1v) is 10.8. The second kappa shape index (κ2) is 12.1. The van der Waals surface area contributed by atoms with E-state index in [1.54, 1.807) is 54.6 Å².